The molecule has 6 heteroatoms. The number of carboxylic acids is 1. The van der Waals surface area contributed by atoms with E-state index in [4.69, 9.17) is 10.8 Å². The van der Waals surface area contributed by atoms with Crippen LogP contribution in [0.15, 0.2) is 0 Å². The molecular formula is C10H20N2O3S. The zero-order valence-electron chi connectivity index (χ0n) is 9.73. The van der Waals surface area contributed by atoms with Crippen LogP contribution >= 0.6 is 11.8 Å². The Morgan fingerprint density at radius 2 is 2.12 bits per heavy atom. The number of nitrogens with two attached hydrogens (primary N) is 1. The van der Waals surface area contributed by atoms with Crippen LogP contribution in [0, 0.1) is 0 Å². The van der Waals surface area contributed by atoms with E-state index in [0.717, 1.165) is 6.42 Å². The molecule has 5 nitrogen and oxygen atoms in total. The number of rotatable bonds is 8. The van der Waals surface area contributed by atoms with Crippen LogP contribution in [-0.2, 0) is 9.59 Å². The molecule has 0 aromatic carbocycles. The van der Waals surface area contributed by atoms with Gasteiger partial charge < -0.3 is 16.2 Å². The minimum absolute atomic E-state index is 0.0109. The highest BCUT2D eigenvalue weighted by Crippen LogP contribution is 2.04. The van der Waals surface area contributed by atoms with Crippen molar-refractivity contribution in [1.29, 1.82) is 0 Å². The predicted octanol–water partition coefficient (Wildman–Crippen LogP) is 0.436. The molecule has 0 aliphatic carbocycles. The third-order valence-electron chi connectivity index (χ3n) is 2.14. The molecule has 0 aromatic rings. The van der Waals surface area contributed by atoms with Crippen LogP contribution in [0.1, 0.15) is 26.7 Å². The molecule has 16 heavy (non-hydrogen) atoms. The largest absolute Gasteiger partial charge is 0.480 e. The topological polar surface area (TPSA) is 92.4 Å². The number of nitrogens with one attached hydrogen (secondary N) is 1. The molecule has 4 N–H and O–H groups in total. The van der Waals surface area contributed by atoms with Gasteiger partial charge in [0.1, 0.15) is 6.04 Å². The van der Waals surface area contributed by atoms with Crippen molar-refractivity contribution in [1.82, 2.24) is 5.32 Å². The molecule has 0 radical (unpaired) electrons. The summed E-state index contributed by atoms with van der Waals surface area (Å²) in [4.78, 5) is 21.7. The summed E-state index contributed by atoms with van der Waals surface area (Å²) in [5, 5.41) is 11.4. The van der Waals surface area contributed by atoms with Crippen LogP contribution in [0.4, 0.5) is 0 Å². The number of carbonyl (C=O) groups is 2. The fraction of sp³-hybridized carbons (Fsp3) is 0.800. The van der Waals surface area contributed by atoms with Gasteiger partial charge in [-0.1, -0.05) is 6.92 Å². The maximum atomic E-state index is 11.3. The van der Waals surface area contributed by atoms with E-state index in [2.05, 4.69) is 5.32 Å². The maximum absolute atomic E-state index is 11.3. The third kappa shape index (κ3) is 7.53. The second-order valence-electron chi connectivity index (χ2n) is 3.66. The van der Waals surface area contributed by atoms with Gasteiger partial charge in [-0.05, 0) is 25.5 Å². The first-order valence-electron chi connectivity index (χ1n) is 5.32. The summed E-state index contributed by atoms with van der Waals surface area (Å²) in [5.41, 5.74) is 5.32. The van der Waals surface area contributed by atoms with Crippen LogP contribution < -0.4 is 11.1 Å². The van der Waals surface area contributed by atoms with Crippen LogP contribution in [0.3, 0.4) is 0 Å². The standard InChI is InChI=1S/C10H20N2O3S/c1-3-7(2)12-9(13)6-16-5-4-8(11)10(14)15/h7-8H,3-6,11H2,1-2H3,(H,12,13)(H,14,15). The summed E-state index contributed by atoms with van der Waals surface area (Å²) in [6.45, 7) is 3.95. The Balaban J connectivity index is 3.52. The summed E-state index contributed by atoms with van der Waals surface area (Å²) in [7, 11) is 0. The number of hydrogen-bond donors (Lipinski definition) is 3. The zero-order valence-corrected chi connectivity index (χ0v) is 10.5. The SMILES string of the molecule is CCC(C)NC(=O)CSCCC(N)C(=O)O. The molecule has 0 bridgehead atoms. The monoisotopic (exact) mass is 248 g/mol. The van der Waals surface area contributed by atoms with E-state index < -0.39 is 12.0 Å². The lowest BCUT2D eigenvalue weighted by Crippen LogP contribution is -2.33. The first-order chi connectivity index (χ1) is 7.47. The van der Waals surface area contributed by atoms with Crippen molar-refractivity contribution in [3.05, 3.63) is 0 Å². The number of carbonyl (C=O) groups excluding carboxylic acids is 1. The molecule has 2 unspecified atom stereocenters. The van der Waals surface area contributed by atoms with E-state index in [1.165, 1.54) is 11.8 Å². The van der Waals surface area contributed by atoms with Crippen molar-refractivity contribution >= 4 is 23.6 Å². The molecule has 0 aliphatic rings. The number of aliphatic carboxylic acids is 1. The van der Waals surface area contributed by atoms with Gasteiger partial charge in [0.2, 0.25) is 5.91 Å². The number of thioether (sulfide) groups is 1. The molecular weight excluding hydrogens is 228 g/mol. The lowest BCUT2D eigenvalue weighted by Gasteiger charge is -2.11. The summed E-state index contributed by atoms with van der Waals surface area (Å²) in [6.07, 6.45) is 1.29. The van der Waals surface area contributed by atoms with Gasteiger partial charge in [0.05, 0.1) is 5.75 Å². The normalized spacial score (nSPS) is 14.2. The Kier molecular flexibility index (Phi) is 8.01. The minimum Gasteiger partial charge on any atom is -0.480 e. The molecule has 0 aromatic heterocycles. The minimum atomic E-state index is -0.996. The van der Waals surface area contributed by atoms with Crippen LogP contribution in [0.2, 0.25) is 0 Å². The van der Waals surface area contributed by atoms with Gasteiger partial charge >= 0.3 is 5.97 Å². The van der Waals surface area contributed by atoms with Crippen molar-refractivity contribution in [3.8, 4) is 0 Å². The van der Waals surface area contributed by atoms with Gasteiger partial charge in [0, 0.05) is 6.04 Å². The molecule has 2 atom stereocenters. The highest BCUT2D eigenvalue weighted by molar-refractivity contribution is 7.99. The average Bonchev–Trinajstić information content (AvgIpc) is 2.23. The Morgan fingerprint density at radius 3 is 2.62 bits per heavy atom. The molecule has 0 rings (SSSR count). The van der Waals surface area contributed by atoms with Gasteiger partial charge in [-0.2, -0.15) is 11.8 Å². The van der Waals surface area contributed by atoms with Crippen LogP contribution in [0.25, 0.3) is 0 Å². The number of amides is 1. The molecule has 0 saturated carbocycles. The van der Waals surface area contributed by atoms with E-state index in [1.807, 2.05) is 13.8 Å². The van der Waals surface area contributed by atoms with E-state index in [9.17, 15) is 9.59 Å². The summed E-state index contributed by atoms with van der Waals surface area (Å²) in [5.74, 6) is -0.0640. The maximum Gasteiger partial charge on any atom is 0.320 e. The third-order valence-corrected chi connectivity index (χ3v) is 3.13. The highest BCUT2D eigenvalue weighted by atomic mass is 32.2. The van der Waals surface area contributed by atoms with Crippen LogP contribution in [0.5, 0.6) is 0 Å². The first-order valence-corrected chi connectivity index (χ1v) is 6.48. The smallest absolute Gasteiger partial charge is 0.320 e. The molecule has 0 fully saturated rings. The fourth-order valence-electron chi connectivity index (χ4n) is 0.917. The highest BCUT2D eigenvalue weighted by Gasteiger charge is 2.11. The average molecular weight is 248 g/mol. The molecule has 0 aliphatic heterocycles. The second kappa shape index (κ2) is 8.41. The van der Waals surface area contributed by atoms with E-state index in [1.54, 1.807) is 0 Å². The summed E-state index contributed by atoms with van der Waals surface area (Å²) < 4.78 is 0. The van der Waals surface area contributed by atoms with Crippen molar-refractivity contribution in [2.45, 2.75) is 38.8 Å². The van der Waals surface area contributed by atoms with Crippen molar-refractivity contribution in [2.24, 2.45) is 5.73 Å². The Bertz CT molecular complexity index is 236. The second-order valence-corrected chi connectivity index (χ2v) is 4.77. The molecule has 94 valence electrons. The predicted molar refractivity (Wildman–Crippen MR) is 65.4 cm³/mol. The van der Waals surface area contributed by atoms with E-state index >= 15 is 0 Å². The van der Waals surface area contributed by atoms with Crippen molar-refractivity contribution in [3.63, 3.8) is 0 Å². The fourth-order valence-corrected chi connectivity index (χ4v) is 1.75. The van der Waals surface area contributed by atoms with E-state index in [-0.39, 0.29) is 11.9 Å². The van der Waals surface area contributed by atoms with Gasteiger partial charge in [-0.25, -0.2) is 0 Å². The first kappa shape index (κ1) is 15.2. The van der Waals surface area contributed by atoms with Crippen molar-refractivity contribution < 1.29 is 14.7 Å². The van der Waals surface area contributed by atoms with Gasteiger partial charge in [-0.3, -0.25) is 9.59 Å². The van der Waals surface area contributed by atoms with Gasteiger partial charge in [0.25, 0.3) is 0 Å². The summed E-state index contributed by atoms with van der Waals surface area (Å²) >= 11 is 1.40. The number of hydrogen-bond acceptors (Lipinski definition) is 4. The Morgan fingerprint density at radius 1 is 1.50 bits per heavy atom. The molecule has 0 saturated heterocycles. The molecule has 0 heterocycles. The number of carboxylic acid groups (broad SMARTS) is 1. The Hall–Kier alpha value is -0.750. The van der Waals surface area contributed by atoms with Crippen LogP contribution in [-0.4, -0.2) is 40.6 Å². The lowest BCUT2D eigenvalue weighted by atomic mass is 10.2. The van der Waals surface area contributed by atoms with Crippen molar-refractivity contribution in [2.75, 3.05) is 11.5 Å². The molecule has 0 spiro atoms. The Labute approximate surface area is 100 Å². The quantitative estimate of drug-likeness (QED) is 0.542. The molecule has 1 amide bonds. The summed E-state index contributed by atoms with van der Waals surface area (Å²) in [6, 6.07) is -0.639. The zero-order chi connectivity index (χ0) is 12.6. The van der Waals surface area contributed by atoms with Gasteiger partial charge in [-0.15, -0.1) is 0 Å². The lowest BCUT2D eigenvalue weighted by molar-refractivity contribution is -0.138. The van der Waals surface area contributed by atoms with Gasteiger partial charge in [0.15, 0.2) is 0 Å². The van der Waals surface area contributed by atoms with E-state index in [0.29, 0.717) is 17.9 Å².